The van der Waals surface area contributed by atoms with Crippen LogP contribution in [0.5, 0.6) is 11.5 Å². The zero-order valence-corrected chi connectivity index (χ0v) is 17.4. The fourth-order valence-electron chi connectivity index (χ4n) is 3.91. The van der Waals surface area contributed by atoms with E-state index in [2.05, 4.69) is 24.4 Å². The van der Waals surface area contributed by atoms with Crippen LogP contribution in [0.25, 0.3) is 22.2 Å². The number of hydrogen-bond donors (Lipinski definition) is 1. The number of hydrogen-bond acceptors (Lipinski definition) is 4. The first-order valence-corrected chi connectivity index (χ1v) is 10.2. The van der Waals surface area contributed by atoms with Crippen molar-refractivity contribution < 1.29 is 14.3 Å². The molecule has 0 unspecified atom stereocenters. The number of carbonyl (C=O) groups is 1. The largest absolute Gasteiger partial charge is 0.454 e. The molecule has 31 heavy (non-hydrogen) atoms. The molecule has 3 aromatic carbocycles. The summed E-state index contributed by atoms with van der Waals surface area (Å²) in [6.45, 7) is 4.64. The highest BCUT2D eigenvalue weighted by atomic mass is 16.7. The number of pyridine rings is 1. The van der Waals surface area contributed by atoms with Crippen LogP contribution in [0.3, 0.4) is 0 Å². The summed E-state index contributed by atoms with van der Waals surface area (Å²) < 4.78 is 10.8. The van der Waals surface area contributed by atoms with Crippen molar-refractivity contribution in [3.05, 3.63) is 89.0 Å². The summed E-state index contributed by atoms with van der Waals surface area (Å²) in [6, 6.07) is 21.7. The van der Waals surface area contributed by atoms with E-state index in [-0.39, 0.29) is 12.7 Å². The first-order chi connectivity index (χ1) is 15.1. The van der Waals surface area contributed by atoms with Gasteiger partial charge in [-0.15, -0.1) is 0 Å². The molecule has 5 heteroatoms. The Morgan fingerprint density at radius 3 is 2.58 bits per heavy atom. The summed E-state index contributed by atoms with van der Waals surface area (Å²) in [5, 5.41) is 3.91. The van der Waals surface area contributed by atoms with Crippen LogP contribution >= 0.6 is 0 Å². The molecule has 1 aliphatic rings. The Hall–Kier alpha value is -3.86. The Bertz CT molecular complexity index is 1300. The SMILES string of the molecule is Cc1ccc(-c2nc3ccccc3c(C(=O)NCc3ccc4c(c3)OCO4)c2C)cc1. The van der Waals surface area contributed by atoms with E-state index in [0.717, 1.165) is 39.0 Å². The van der Waals surface area contributed by atoms with Crippen molar-refractivity contribution in [1.82, 2.24) is 10.3 Å². The maximum absolute atomic E-state index is 13.3. The Labute approximate surface area is 180 Å². The lowest BCUT2D eigenvalue weighted by Gasteiger charge is -2.15. The number of fused-ring (bicyclic) bond motifs is 2. The summed E-state index contributed by atoms with van der Waals surface area (Å²) in [5.74, 6) is 1.31. The van der Waals surface area contributed by atoms with E-state index in [1.807, 2.05) is 61.5 Å². The van der Waals surface area contributed by atoms with Crippen molar-refractivity contribution >= 4 is 16.8 Å². The normalized spacial score (nSPS) is 12.2. The van der Waals surface area contributed by atoms with Crippen molar-refractivity contribution in [1.29, 1.82) is 0 Å². The molecule has 154 valence electrons. The van der Waals surface area contributed by atoms with Crippen LogP contribution in [0.4, 0.5) is 0 Å². The van der Waals surface area contributed by atoms with Gasteiger partial charge in [0, 0.05) is 17.5 Å². The first kappa shape index (κ1) is 19.1. The van der Waals surface area contributed by atoms with E-state index >= 15 is 0 Å². The Morgan fingerprint density at radius 2 is 1.74 bits per heavy atom. The Morgan fingerprint density at radius 1 is 0.968 bits per heavy atom. The van der Waals surface area contributed by atoms with Gasteiger partial charge in [-0.05, 0) is 43.2 Å². The van der Waals surface area contributed by atoms with Crippen molar-refractivity contribution in [2.75, 3.05) is 6.79 Å². The highest BCUT2D eigenvalue weighted by Gasteiger charge is 2.19. The zero-order chi connectivity index (χ0) is 21.4. The van der Waals surface area contributed by atoms with Crippen molar-refractivity contribution in [2.45, 2.75) is 20.4 Å². The van der Waals surface area contributed by atoms with E-state index in [1.165, 1.54) is 5.56 Å². The average molecular weight is 410 g/mol. The lowest BCUT2D eigenvalue weighted by Crippen LogP contribution is -2.24. The molecular weight excluding hydrogens is 388 g/mol. The van der Waals surface area contributed by atoms with E-state index in [9.17, 15) is 4.79 Å². The van der Waals surface area contributed by atoms with E-state index in [1.54, 1.807) is 0 Å². The number of aryl methyl sites for hydroxylation is 1. The number of nitrogens with one attached hydrogen (secondary N) is 1. The number of ether oxygens (including phenoxy) is 2. The highest BCUT2D eigenvalue weighted by Crippen LogP contribution is 2.33. The number of aromatic nitrogens is 1. The van der Waals surface area contributed by atoms with E-state index in [0.29, 0.717) is 17.9 Å². The molecule has 1 aliphatic heterocycles. The molecule has 0 saturated carbocycles. The summed E-state index contributed by atoms with van der Waals surface area (Å²) in [6.07, 6.45) is 0. The van der Waals surface area contributed by atoms with Crippen molar-refractivity contribution in [3.8, 4) is 22.8 Å². The minimum Gasteiger partial charge on any atom is -0.454 e. The predicted octanol–water partition coefficient (Wildman–Crippen LogP) is 5.18. The molecule has 0 radical (unpaired) electrons. The third-order valence-electron chi connectivity index (χ3n) is 5.58. The molecule has 0 bridgehead atoms. The van der Waals surface area contributed by atoms with E-state index in [4.69, 9.17) is 14.5 Å². The maximum atomic E-state index is 13.3. The third-order valence-corrected chi connectivity index (χ3v) is 5.58. The lowest BCUT2D eigenvalue weighted by atomic mass is 9.96. The van der Waals surface area contributed by atoms with Gasteiger partial charge in [0.1, 0.15) is 0 Å². The third kappa shape index (κ3) is 3.59. The molecule has 2 heterocycles. The van der Waals surface area contributed by atoms with Crippen molar-refractivity contribution in [3.63, 3.8) is 0 Å². The molecule has 5 nitrogen and oxygen atoms in total. The number of benzene rings is 3. The fourth-order valence-corrected chi connectivity index (χ4v) is 3.91. The molecular formula is C26H22N2O3. The van der Waals surface area contributed by atoms with Crippen LogP contribution in [0, 0.1) is 13.8 Å². The molecule has 4 aromatic rings. The lowest BCUT2D eigenvalue weighted by molar-refractivity contribution is 0.0952. The van der Waals surface area contributed by atoms with Gasteiger partial charge in [0.2, 0.25) is 6.79 Å². The zero-order valence-electron chi connectivity index (χ0n) is 17.4. The van der Waals surface area contributed by atoms with Crippen LogP contribution in [0.2, 0.25) is 0 Å². The van der Waals surface area contributed by atoms with Crippen LogP contribution in [-0.4, -0.2) is 17.7 Å². The number of carbonyl (C=O) groups excluding carboxylic acids is 1. The highest BCUT2D eigenvalue weighted by molar-refractivity contribution is 6.08. The van der Waals surface area contributed by atoms with Gasteiger partial charge in [0.25, 0.3) is 5.91 Å². The molecule has 5 rings (SSSR count). The second kappa shape index (κ2) is 7.76. The van der Waals surface area contributed by atoms with Gasteiger partial charge in [-0.2, -0.15) is 0 Å². The van der Waals surface area contributed by atoms with Crippen LogP contribution in [0.15, 0.2) is 66.7 Å². The predicted molar refractivity (Wildman–Crippen MR) is 120 cm³/mol. The topological polar surface area (TPSA) is 60.5 Å². The molecule has 0 aliphatic carbocycles. The minimum absolute atomic E-state index is 0.123. The molecule has 0 spiro atoms. The number of para-hydroxylation sites is 1. The number of amides is 1. The number of rotatable bonds is 4. The molecule has 1 N–H and O–H groups in total. The standard InChI is InChI=1S/C26H22N2O3/c1-16-7-10-19(11-8-16)25-17(2)24(20-5-3-4-6-21(20)28-25)26(29)27-14-18-9-12-22-23(13-18)31-15-30-22/h3-13H,14-15H2,1-2H3,(H,27,29). The second-order valence-electron chi connectivity index (χ2n) is 7.71. The summed E-state index contributed by atoms with van der Waals surface area (Å²) in [7, 11) is 0. The minimum atomic E-state index is -0.123. The quantitative estimate of drug-likeness (QED) is 0.504. The molecule has 0 atom stereocenters. The van der Waals surface area contributed by atoms with Gasteiger partial charge >= 0.3 is 0 Å². The average Bonchev–Trinajstić information content (AvgIpc) is 3.26. The fraction of sp³-hybridized carbons (Fsp3) is 0.154. The summed E-state index contributed by atoms with van der Waals surface area (Å²) in [5.41, 5.74) is 6.28. The Balaban J connectivity index is 1.51. The van der Waals surface area contributed by atoms with Gasteiger partial charge in [-0.1, -0.05) is 54.1 Å². The van der Waals surface area contributed by atoms with Gasteiger partial charge in [-0.25, -0.2) is 4.98 Å². The molecule has 0 saturated heterocycles. The first-order valence-electron chi connectivity index (χ1n) is 10.2. The smallest absolute Gasteiger partial charge is 0.252 e. The second-order valence-corrected chi connectivity index (χ2v) is 7.71. The molecule has 1 amide bonds. The molecule has 1 aromatic heterocycles. The monoisotopic (exact) mass is 410 g/mol. The van der Waals surface area contributed by atoms with E-state index < -0.39 is 0 Å². The van der Waals surface area contributed by atoms with Gasteiger partial charge in [0.05, 0.1) is 16.8 Å². The van der Waals surface area contributed by atoms with Gasteiger partial charge in [-0.3, -0.25) is 4.79 Å². The van der Waals surface area contributed by atoms with Crippen LogP contribution in [-0.2, 0) is 6.54 Å². The summed E-state index contributed by atoms with van der Waals surface area (Å²) >= 11 is 0. The Kier molecular flexibility index (Phi) is 4.79. The molecule has 0 fully saturated rings. The van der Waals surface area contributed by atoms with Crippen molar-refractivity contribution in [2.24, 2.45) is 0 Å². The number of nitrogens with zero attached hydrogens (tertiary/aromatic N) is 1. The van der Waals surface area contributed by atoms with Gasteiger partial charge < -0.3 is 14.8 Å². The summed E-state index contributed by atoms with van der Waals surface area (Å²) in [4.78, 5) is 18.2. The maximum Gasteiger partial charge on any atom is 0.252 e. The van der Waals surface area contributed by atoms with Crippen LogP contribution in [0.1, 0.15) is 27.0 Å². The van der Waals surface area contributed by atoms with Gasteiger partial charge in [0.15, 0.2) is 11.5 Å². The van der Waals surface area contributed by atoms with Crippen LogP contribution < -0.4 is 14.8 Å².